The standard InChI is InChI=1S/C11H15N3O3S/c1-8-9(7-18-13-8)11(16)12-6-10(15)14-2-4-17-5-3-14/h7H,2-6H2,1H3,(H,12,16). The molecule has 1 aromatic rings. The fourth-order valence-corrected chi connectivity index (χ4v) is 2.38. The van der Waals surface area contributed by atoms with Crippen molar-refractivity contribution in [3.8, 4) is 0 Å². The molecule has 18 heavy (non-hydrogen) atoms. The largest absolute Gasteiger partial charge is 0.378 e. The van der Waals surface area contributed by atoms with E-state index in [-0.39, 0.29) is 18.4 Å². The minimum Gasteiger partial charge on any atom is -0.378 e. The van der Waals surface area contributed by atoms with Gasteiger partial charge in [0.15, 0.2) is 0 Å². The van der Waals surface area contributed by atoms with Gasteiger partial charge in [-0.15, -0.1) is 0 Å². The summed E-state index contributed by atoms with van der Waals surface area (Å²) in [4.78, 5) is 25.3. The maximum absolute atomic E-state index is 11.8. The molecule has 1 fully saturated rings. The van der Waals surface area contributed by atoms with Gasteiger partial charge in [0.25, 0.3) is 5.91 Å². The molecule has 0 spiro atoms. The van der Waals surface area contributed by atoms with Crippen LogP contribution in [0.3, 0.4) is 0 Å². The molecule has 1 aliphatic rings. The summed E-state index contributed by atoms with van der Waals surface area (Å²) < 4.78 is 9.19. The number of aromatic nitrogens is 1. The number of carbonyl (C=O) groups is 2. The lowest BCUT2D eigenvalue weighted by atomic mass is 10.2. The van der Waals surface area contributed by atoms with Crippen molar-refractivity contribution in [1.29, 1.82) is 0 Å². The highest BCUT2D eigenvalue weighted by Crippen LogP contribution is 2.08. The Balaban J connectivity index is 1.82. The molecule has 2 heterocycles. The van der Waals surface area contributed by atoms with Gasteiger partial charge in [0, 0.05) is 18.5 Å². The summed E-state index contributed by atoms with van der Waals surface area (Å²) in [5, 5.41) is 4.30. The van der Waals surface area contributed by atoms with E-state index in [1.54, 1.807) is 17.2 Å². The van der Waals surface area contributed by atoms with Crippen LogP contribution in [0.25, 0.3) is 0 Å². The van der Waals surface area contributed by atoms with Crippen molar-refractivity contribution in [2.75, 3.05) is 32.8 Å². The molecule has 0 aromatic carbocycles. The van der Waals surface area contributed by atoms with Crippen molar-refractivity contribution >= 4 is 23.3 Å². The molecule has 98 valence electrons. The van der Waals surface area contributed by atoms with Gasteiger partial charge in [-0.05, 0) is 18.5 Å². The van der Waals surface area contributed by atoms with Crippen LogP contribution in [-0.2, 0) is 9.53 Å². The monoisotopic (exact) mass is 269 g/mol. The maximum atomic E-state index is 11.8. The highest BCUT2D eigenvalue weighted by molar-refractivity contribution is 7.03. The average molecular weight is 269 g/mol. The molecular formula is C11H15N3O3S. The van der Waals surface area contributed by atoms with E-state index < -0.39 is 0 Å². The molecule has 0 bridgehead atoms. The Morgan fingerprint density at radius 1 is 1.50 bits per heavy atom. The minimum atomic E-state index is -0.247. The van der Waals surface area contributed by atoms with Gasteiger partial charge in [-0.3, -0.25) is 9.59 Å². The van der Waals surface area contributed by atoms with E-state index in [2.05, 4.69) is 9.69 Å². The van der Waals surface area contributed by atoms with Crippen LogP contribution in [0.2, 0.25) is 0 Å². The molecule has 0 radical (unpaired) electrons. The first kappa shape index (κ1) is 13.0. The Bertz CT molecular complexity index is 440. The summed E-state index contributed by atoms with van der Waals surface area (Å²) in [5.41, 5.74) is 1.23. The third-order valence-corrected chi connectivity index (χ3v) is 3.48. The van der Waals surface area contributed by atoms with Crippen molar-refractivity contribution in [3.05, 3.63) is 16.6 Å². The molecule has 0 saturated carbocycles. The van der Waals surface area contributed by atoms with Crippen LogP contribution in [0.15, 0.2) is 5.38 Å². The SMILES string of the molecule is Cc1nscc1C(=O)NCC(=O)N1CCOCC1. The van der Waals surface area contributed by atoms with Crippen molar-refractivity contribution < 1.29 is 14.3 Å². The normalized spacial score (nSPS) is 15.5. The lowest BCUT2D eigenvalue weighted by molar-refractivity contribution is -0.134. The molecule has 0 atom stereocenters. The number of nitrogens with zero attached hydrogens (tertiary/aromatic N) is 2. The summed E-state index contributed by atoms with van der Waals surface area (Å²) in [6, 6.07) is 0. The second-order valence-corrected chi connectivity index (χ2v) is 4.62. The summed E-state index contributed by atoms with van der Waals surface area (Å²) in [6.07, 6.45) is 0. The number of morpholine rings is 1. The first-order valence-electron chi connectivity index (χ1n) is 5.73. The molecular weight excluding hydrogens is 254 g/mol. The molecule has 6 nitrogen and oxygen atoms in total. The summed E-state index contributed by atoms with van der Waals surface area (Å²) in [7, 11) is 0. The van der Waals surface area contributed by atoms with Crippen LogP contribution < -0.4 is 5.32 Å². The number of hydrogen-bond donors (Lipinski definition) is 1. The minimum absolute atomic E-state index is 0.0219. The molecule has 7 heteroatoms. The van der Waals surface area contributed by atoms with E-state index in [0.717, 1.165) is 0 Å². The molecule has 0 unspecified atom stereocenters. The Kier molecular flexibility index (Phi) is 4.27. The van der Waals surface area contributed by atoms with Crippen molar-refractivity contribution in [2.45, 2.75) is 6.92 Å². The third-order valence-electron chi connectivity index (χ3n) is 2.76. The average Bonchev–Trinajstić information content (AvgIpc) is 2.83. The van der Waals surface area contributed by atoms with Crippen LogP contribution >= 0.6 is 11.5 Å². The van der Waals surface area contributed by atoms with Crippen LogP contribution in [0, 0.1) is 6.92 Å². The van der Waals surface area contributed by atoms with Gasteiger partial charge in [-0.25, -0.2) is 0 Å². The number of nitrogens with one attached hydrogen (secondary N) is 1. The van der Waals surface area contributed by atoms with Gasteiger partial charge in [0.1, 0.15) is 0 Å². The van der Waals surface area contributed by atoms with Crippen molar-refractivity contribution in [1.82, 2.24) is 14.6 Å². The van der Waals surface area contributed by atoms with E-state index in [4.69, 9.17) is 4.74 Å². The van der Waals surface area contributed by atoms with E-state index in [0.29, 0.717) is 37.6 Å². The number of ether oxygens (including phenoxy) is 1. The Hall–Kier alpha value is -1.47. The first-order chi connectivity index (χ1) is 8.68. The smallest absolute Gasteiger partial charge is 0.254 e. The molecule has 0 aliphatic carbocycles. The van der Waals surface area contributed by atoms with Crippen LogP contribution in [0.1, 0.15) is 16.1 Å². The van der Waals surface area contributed by atoms with Crippen LogP contribution in [0.4, 0.5) is 0 Å². The lowest BCUT2D eigenvalue weighted by Gasteiger charge is -2.26. The van der Waals surface area contributed by atoms with Crippen LogP contribution in [-0.4, -0.2) is 53.9 Å². The quantitative estimate of drug-likeness (QED) is 0.841. The highest BCUT2D eigenvalue weighted by Gasteiger charge is 2.18. The fourth-order valence-electron chi connectivity index (χ4n) is 1.69. The number of amides is 2. The third kappa shape index (κ3) is 3.05. The second kappa shape index (κ2) is 5.92. The van der Waals surface area contributed by atoms with Gasteiger partial charge in [0.05, 0.1) is 31.0 Å². The summed E-state index contributed by atoms with van der Waals surface area (Å²) in [5.74, 6) is -0.324. The van der Waals surface area contributed by atoms with E-state index in [9.17, 15) is 9.59 Å². The Morgan fingerprint density at radius 3 is 2.83 bits per heavy atom. The number of rotatable bonds is 3. The number of hydrogen-bond acceptors (Lipinski definition) is 5. The molecule has 1 aliphatic heterocycles. The van der Waals surface area contributed by atoms with E-state index in [1.807, 2.05) is 0 Å². The van der Waals surface area contributed by atoms with Gasteiger partial charge >= 0.3 is 0 Å². The van der Waals surface area contributed by atoms with E-state index in [1.165, 1.54) is 11.5 Å². The zero-order valence-corrected chi connectivity index (χ0v) is 11.0. The van der Waals surface area contributed by atoms with Crippen molar-refractivity contribution in [3.63, 3.8) is 0 Å². The van der Waals surface area contributed by atoms with Crippen LogP contribution in [0.5, 0.6) is 0 Å². The fraction of sp³-hybridized carbons (Fsp3) is 0.545. The zero-order valence-electron chi connectivity index (χ0n) is 10.1. The Morgan fingerprint density at radius 2 is 2.22 bits per heavy atom. The maximum Gasteiger partial charge on any atom is 0.254 e. The van der Waals surface area contributed by atoms with Gasteiger partial charge in [-0.2, -0.15) is 4.37 Å². The summed E-state index contributed by atoms with van der Waals surface area (Å²) >= 11 is 1.23. The highest BCUT2D eigenvalue weighted by atomic mass is 32.1. The topological polar surface area (TPSA) is 71.5 Å². The molecule has 1 N–H and O–H groups in total. The van der Waals surface area contributed by atoms with Crippen molar-refractivity contribution in [2.24, 2.45) is 0 Å². The number of carbonyl (C=O) groups excluding carboxylic acids is 2. The van der Waals surface area contributed by atoms with Gasteiger partial charge < -0.3 is 15.0 Å². The predicted octanol–water partition coefficient (Wildman–Crippen LogP) is 0.0401. The zero-order chi connectivity index (χ0) is 13.0. The lowest BCUT2D eigenvalue weighted by Crippen LogP contribution is -2.45. The predicted molar refractivity (Wildman–Crippen MR) is 66.6 cm³/mol. The summed E-state index contributed by atoms with van der Waals surface area (Å²) in [6.45, 7) is 4.10. The number of aryl methyl sites for hydroxylation is 1. The van der Waals surface area contributed by atoms with Gasteiger partial charge in [0.2, 0.25) is 5.91 Å². The first-order valence-corrected chi connectivity index (χ1v) is 6.57. The van der Waals surface area contributed by atoms with E-state index >= 15 is 0 Å². The molecule has 1 aromatic heterocycles. The molecule has 2 rings (SSSR count). The van der Waals surface area contributed by atoms with Gasteiger partial charge in [-0.1, -0.05) is 0 Å². The second-order valence-electron chi connectivity index (χ2n) is 3.99. The Labute approximate surface area is 109 Å². The molecule has 2 amide bonds. The molecule has 1 saturated heterocycles.